The smallest absolute Gasteiger partial charge is 0.174 e. The SMILES string of the molecule is CSc1ccc(C(=O)C(C)(C)c2cc3ccccc3[nH]2)cc1. The zero-order valence-electron chi connectivity index (χ0n) is 13.0. The molecule has 0 bridgehead atoms. The molecular weight excluding hydrogens is 290 g/mol. The van der Waals surface area contributed by atoms with E-state index in [0.29, 0.717) is 0 Å². The summed E-state index contributed by atoms with van der Waals surface area (Å²) in [6, 6.07) is 18.0. The molecule has 0 aliphatic heterocycles. The molecule has 0 aliphatic carbocycles. The average molecular weight is 309 g/mol. The summed E-state index contributed by atoms with van der Waals surface area (Å²) < 4.78 is 0. The van der Waals surface area contributed by atoms with Crippen molar-refractivity contribution in [3.05, 3.63) is 65.9 Å². The Bertz CT molecular complexity index is 782. The first-order valence-electron chi connectivity index (χ1n) is 7.29. The van der Waals surface area contributed by atoms with Crippen molar-refractivity contribution in [1.29, 1.82) is 0 Å². The topological polar surface area (TPSA) is 32.9 Å². The molecular formula is C19H19NOS. The Balaban J connectivity index is 1.98. The fraction of sp³-hybridized carbons (Fsp3) is 0.211. The van der Waals surface area contributed by atoms with Crippen molar-refractivity contribution >= 4 is 28.4 Å². The molecule has 0 saturated carbocycles. The van der Waals surface area contributed by atoms with Crippen molar-refractivity contribution in [2.24, 2.45) is 0 Å². The van der Waals surface area contributed by atoms with Gasteiger partial charge in [0.2, 0.25) is 0 Å². The van der Waals surface area contributed by atoms with Gasteiger partial charge in [0.1, 0.15) is 0 Å². The molecule has 3 rings (SSSR count). The molecule has 0 unspecified atom stereocenters. The van der Waals surface area contributed by atoms with Gasteiger partial charge in [-0.15, -0.1) is 11.8 Å². The number of aromatic nitrogens is 1. The van der Waals surface area contributed by atoms with Crippen LogP contribution in [-0.4, -0.2) is 17.0 Å². The number of Topliss-reactive ketones (excluding diaryl/α,β-unsaturated/α-hetero) is 1. The molecule has 3 heteroatoms. The van der Waals surface area contributed by atoms with Gasteiger partial charge in [0, 0.05) is 21.7 Å². The maximum Gasteiger partial charge on any atom is 0.174 e. The highest BCUT2D eigenvalue weighted by molar-refractivity contribution is 7.98. The third-order valence-electron chi connectivity index (χ3n) is 4.12. The number of para-hydroxylation sites is 1. The van der Waals surface area contributed by atoms with E-state index in [1.165, 1.54) is 4.90 Å². The molecule has 1 aromatic heterocycles. The van der Waals surface area contributed by atoms with Gasteiger partial charge >= 0.3 is 0 Å². The highest BCUT2D eigenvalue weighted by Crippen LogP contribution is 2.30. The highest BCUT2D eigenvalue weighted by Gasteiger charge is 2.32. The zero-order valence-corrected chi connectivity index (χ0v) is 13.8. The fourth-order valence-electron chi connectivity index (χ4n) is 2.64. The van der Waals surface area contributed by atoms with Crippen LogP contribution < -0.4 is 0 Å². The molecule has 0 atom stereocenters. The summed E-state index contributed by atoms with van der Waals surface area (Å²) >= 11 is 1.68. The van der Waals surface area contributed by atoms with Crippen molar-refractivity contribution in [3.63, 3.8) is 0 Å². The number of hydrogen-bond donors (Lipinski definition) is 1. The van der Waals surface area contributed by atoms with Crippen LogP contribution in [0, 0.1) is 0 Å². The molecule has 0 saturated heterocycles. The second-order valence-corrected chi connectivity index (χ2v) is 6.83. The molecule has 0 aliphatic rings. The number of carbonyl (C=O) groups is 1. The lowest BCUT2D eigenvalue weighted by Gasteiger charge is -2.22. The van der Waals surface area contributed by atoms with Crippen molar-refractivity contribution in [2.75, 3.05) is 6.26 Å². The fourth-order valence-corrected chi connectivity index (χ4v) is 3.04. The molecule has 22 heavy (non-hydrogen) atoms. The maximum atomic E-state index is 12.9. The van der Waals surface area contributed by atoms with Crippen molar-refractivity contribution in [1.82, 2.24) is 4.98 Å². The van der Waals surface area contributed by atoms with Crippen LogP contribution in [0.25, 0.3) is 10.9 Å². The summed E-state index contributed by atoms with van der Waals surface area (Å²) in [7, 11) is 0. The van der Waals surface area contributed by atoms with Crippen LogP contribution in [0.2, 0.25) is 0 Å². The Morgan fingerprint density at radius 3 is 2.36 bits per heavy atom. The number of benzene rings is 2. The standard InChI is InChI=1S/C19H19NOS/c1-19(2,17-12-14-6-4-5-7-16(14)20-17)18(21)13-8-10-15(22-3)11-9-13/h4-12,20H,1-3H3. The number of ketones is 1. The van der Waals surface area contributed by atoms with Crippen molar-refractivity contribution in [3.8, 4) is 0 Å². The molecule has 0 radical (unpaired) electrons. The summed E-state index contributed by atoms with van der Waals surface area (Å²) in [5, 5.41) is 1.14. The Morgan fingerprint density at radius 1 is 1.05 bits per heavy atom. The number of H-pyrrole nitrogens is 1. The second kappa shape index (κ2) is 5.65. The van der Waals surface area contributed by atoms with Gasteiger partial charge in [-0.25, -0.2) is 0 Å². The second-order valence-electron chi connectivity index (χ2n) is 5.95. The van der Waals surface area contributed by atoms with Gasteiger partial charge < -0.3 is 4.98 Å². The first-order valence-corrected chi connectivity index (χ1v) is 8.52. The van der Waals surface area contributed by atoms with E-state index in [9.17, 15) is 4.79 Å². The van der Waals surface area contributed by atoms with Crippen LogP contribution in [0.15, 0.2) is 59.5 Å². The number of nitrogens with one attached hydrogen (secondary N) is 1. The van der Waals surface area contributed by atoms with Crippen LogP contribution in [0.1, 0.15) is 29.9 Å². The zero-order chi connectivity index (χ0) is 15.7. The van der Waals surface area contributed by atoms with Gasteiger partial charge in [-0.3, -0.25) is 4.79 Å². The minimum absolute atomic E-state index is 0.131. The molecule has 3 aromatic rings. The predicted molar refractivity (Wildman–Crippen MR) is 93.9 cm³/mol. The Hall–Kier alpha value is -2.00. The summed E-state index contributed by atoms with van der Waals surface area (Å²) in [6.45, 7) is 3.95. The van der Waals surface area contributed by atoms with E-state index < -0.39 is 5.41 Å². The van der Waals surface area contributed by atoms with Gasteiger partial charge in [-0.2, -0.15) is 0 Å². The minimum atomic E-state index is -0.583. The van der Waals surface area contributed by atoms with Gasteiger partial charge in [0.25, 0.3) is 0 Å². The van der Waals surface area contributed by atoms with Crippen LogP contribution in [0.5, 0.6) is 0 Å². The average Bonchev–Trinajstić information content (AvgIpc) is 2.99. The van der Waals surface area contributed by atoms with Gasteiger partial charge in [-0.05, 0) is 49.8 Å². The number of carbonyl (C=O) groups excluding carboxylic acids is 1. The Labute approximate surface area is 134 Å². The molecule has 0 spiro atoms. The summed E-state index contributed by atoms with van der Waals surface area (Å²) in [6.07, 6.45) is 2.03. The molecule has 2 aromatic carbocycles. The number of aromatic amines is 1. The number of thioether (sulfide) groups is 1. The summed E-state index contributed by atoms with van der Waals surface area (Å²) in [4.78, 5) is 17.5. The van der Waals surface area contributed by atoms with Crippen molar-refractivity contribution in [2.45, 2.75) is 24.2 Å². The monoisotopic (exact) mass is 309 g/mol. The van der Waals surface area contributed by atoms with Gasteiger partial charge in [-0.1, -0.05) is 30.3 Å². The molecule has 112 valence electrons. The molecule has 2 nitrogen and oxygen atoms in total. The van der Waals surface area contributed by atoms with E-state index in [-0.39, 0.29) is 5.78 Å². The van der Waals surface area contributed by atoms with Crippen molar-refractivity contribution < 1.29 is 4.79 Å². The lowest BCUT2D eigenvalue weighted by atomic mass is 9.81. The predicted octanol–water partition coefficient (Wildman–Crippen LogP) is 5.05. The first kappa shape index (κ1) is 14.9. The van der Waals surface area contributed by atoms with E-state index in [2.05, 4.69) is 17.1 Å². The van der Waals surface area contributed by atoms with E-state index in [1.807, 2.05) is 62.6 Å². The minimum Gasteiger partial charge on any atom is -0.358 e. The number of fused-ring (bicyclic) bond motifs is 1. The Morgan fingerprint density at radius 2 is 1.73 bits per heavy atom. The van der Waals surface area contributed by atoms with Crippen LogP contribution in [0.4, 0.5) is 0 Å². The lowest BCUT2D eigenvalue weighted by molar-refractivity contribution is 0.0906. The third kappa shape index (κ3) is 2.57. The normalized spacial score (nSPS) is 11.8. The molecule has 1 heterocycles. The quantitative estimate of drug-likeness (QED) is 0.540. The largest absolute Gasteiger partial charge is 0.358 e. The van der Waals surface area contributed by atoms with Gasteiger partial charge in [0.15, 0.2) is 5.78 Å². The van der Waals surface area contributed by atoms with Crippen LogP contribution in [0.3, 0.4) is 0 Å². The summed E-state index contributed by atoms with van der Waals surface area (Å²) in [5.74, 6) is 0.131. The molecule has 0 fully saturated rings. The van der Waals surface area contributed by atoms with E-state index in [0.717, 1.165) is 22.2 Å². The van der Waals surface area contributed by atoms with E-state index in [4.69, 9.17) is 0 Å². The first-order chi connectivity index (χ1) is 10.5. The maximum absolute atomic E-state index is 12.9. The third-order valence-corrected chi connectivity index (χ3v) is 4.87. The summed E-state index contributed by atoms with van der Waals surface area (Å²) in [5.41, 5.74) is 2.19. The molecule has 1 N–H and O–H groups in total. The number of rotatable bonds is 4. The Kier molecular flexibility index (Phi) is 3.83. The van der Waals surface area contributed by atoms with E-state index >= 15 is 0 Å². The lowest BCUT2D eigenvalue weighted by Crippen LogP contribution is -2.29. The highest BCUT2D eigenvalue weighted by atomic mass is 32.2. The van der Waals surface area contributed by atoms with Gasteiger partial charge in [0.05, 0.1) is 5.41 Å². The van der Waals surface area contributed by atoms with Crippen LogP contribution >= 0.6 is 11.8 Å². The molecule has 0 amide bonds. The number of hydrogen-bond acceptors (Lipinski definition) is 2. The van der Waals surface area contributed by atoms with Crippen LogP contribution in [-0.2, 0) is 5.41 Å². The van der Waals surface area contributed by atoms with E-state index in [1.54, 1.807) is 11.8 Å².